The van der Waals surface area contributed by atoms with Crippen LogP contribution in [0.1, 0.15) is 65.7 Å². The number of nitrogens with one attached hydrogen (secondary N) is 1. The minimum Gasteiger partial charge on any atom is -0.469 e. The Bertz CT molecular complexity index is 680. The molecule has 0 heterocycles. The summed E-state index contributed by atoms with van der Waals surface area (Å²) in [5.41, 5.74) is -0.941. The molecule has 0 radical (unpaired) electrons. The Labute approximate surface area is 172 Å². The van der Waals surface area contributed by atoms with Crippen LogP contribution >= 0.6 is 0 Å². The maximum Gasteiger partial charge on any atom is 0.409 e. The summed E-state index contributed by atoms with van der Waals surface area (Å²) in [5.74, 6) is 1.05. The monoisotopic (exact) mass is 406 g/mol. The first-order valence-electron chi connectivity index (χ1n) is 11.0. The van der Waals surface area contributed by atoms with Crippen molar-refractivity contribution in [3.63, 3.8) is 0 Å². The van der Waals surface area contributed by atoms with Gasteiger partial charge >= 0.3 is 12.1 Å². The minimum absolute atomic E-state index is 0.0367. The van der Waals surface area contributed by atoms with Crippen LogP contribution in [-0.2, 0) is 19.1 Å². The van der Waals surface area contributed by atoms with Gasteiger partial charge in [-0.05, 0) is 83.5 Å². The molecule has 0 aromatic heterocycles. The van der Waals surface area contributed by atoms with E-state index in [0.29, 0.717) is 5.92 Å². The molecule has 5 aliphatic rings. The van der Waals surface area contributed by atoms with Crippen molar-refractivity contribution in [3.8, 4) is 0 Å². The van der Waals surface area contributed by atoms with Crippen molar-refractivity contribution >= 4 is 18.0 Å². The number of esters is 1. The maximum atomic E-state index is 13.6. The highest BCUT2D eigenvalue weighted by Gasteiger charge is 2.61. The van der Waals surface area contributed by atoms with Gasteiger partial charge in [0.1, 0.15) is 5.60 Å². The first kappa shape index (κ1) is 20.5. The molecule has 2 amide bonds. The summed E-state index contributed by atoms with van der Waals surface area (Å²) in [6.45, 7) is 5.66. The molecule has 5 saturated carbocycles. The Balaban J connectivity index is 1.44. The summed E-state index contributed by atoms with van der Waals surface area (Å²) in [7, 11) is 1.47. The Morgan fingerprint density at radius 1 is 1.07 bits per heavy atom. The average molecular weight is 407 g/mol. The first-order chi connectivity index (χ1) is 13.6. The van der Waals surface area contributed by atoms with Crippen LogP contribution in [0.15, 0.2) is 0 Å². The van der Waals surface area contributed by atoms with Crippen molar-refractivity contribution in [3.05, 3.63) is 0 Å². The van der Waals surface area contributed by atoms with Crippen molar-refractivity contribution in [1.82, 2.24) is 10.2 Å². The Morgan fingerprint density at radius 2 is 1.69 bits per heavy atom. The highest BCUT2D eigenvalue weighted by Crippen LogP contribution is 2.63. The van der Waals surface area contributed by atoms with Crippen molar-refractivity contribution in [2.45, 2.75) is 77.4 Å². The molecule has 5 fully saturated rings. The van der Waals surface area contributed by atoms with Crippen LogP contribution in [0.3, 0.4) is 0 Å². The normalized spacial score (nSPS) is 35.2. The molecule has 0 aliphatic heterocycles. The molecule has 5 aliphatic carbocycles. The second-order valence-electron chi connectivity index (χ2n) is 10.6. The van der Waals surface area contributed by atoms with E-state index in [4.69, 9.17) is 9.47 Å². The number of methoxy groups -OCH3 is 1. The highest BCUT2D eigenvalue weighted by molar-refractivity contribution is 5.83. The molecule has 0 aromatic carbocycles. The Hall–Kier alpha value is -1.79. The standard InChI is InChI=1S/C22H34N2O5/c1-21(2,3)29-20(27)23-12-24(16-5-6-16)18(25)17-14-7-13-8-15(17)11-22(9-13,10-14)19(26)28-4/h13-17H,5-12H2,1-4H3,(H,23,27). The molecule has 2 unspecified atom stereocenters. The molecule has 1 N–H and O–H groups in total. The molecule has 0 aromatic rings. The van der Waals surface area contributed by atoms with Gasteiger partial charge in [-0.1, -0.05) is 0 Å². The lowest BCUT2D eigenvalue weighted by Crippen LogP contribution is -2.59. The van der Waals surface area contributed by atoms with Gasteiger partial charge in [-0.25, -0.2) is 4.79 Å². The van der Waals surface area contributed by atoms with Crippen LogP contribution in [0.2, 0.25) is 0 Å². The van der Waals surface area contributed by atoms with Gasteiger partial charge < -0.3 is 19.7 Å². The summed E-state index contributed by atoms with van der Waals surface area (Å²) < 4.78 is 10.5. The van der Waals surface area contributed by atoms with Crippen molar-refractivity contribution in [2.75, 3.05) is 13.8 Å². The van der Waals surface area contributed by atoms with E-state index in [1.54, 1.807) is 0 Å². The van der Waals surface area contributed by atoms with E-state index < -0.39 is 11.7 Å². The fourth-order valence-electron chi connectivity index (χ4n) is 6.32. The smallest absolute Gasteiger partial charge is 0.409 e. The second kappa shape index (κ2) is 7.17. The fraction of sp³-hybridized carbons (Fsp3) is 0.864. The van der Waals surface area contributed by atoms with Gasteiger partial charge in [0.05, 0.1) is 19.2 Å². The molecule has 2 atom stereocenters. The van der Waals surface area contributed by atoms with Gasteiger partial charge in [0.2, 0.25) is 5.91 Å². The zero-order valence-corrected chi connectivity index (χ0v) is 18.0. The molecular formula is C22H34N2O5. The van der Waals surface area contributed by atoms with Crippen LogP contribution in [0.25, 0.3) is 0 Å². The molecule has 5 rings (SSSR count). The lowest BCUT2D eigenvalue weighted by atomic mass is 9.46. The van der Waals surface area contributed by atoms with Gasteiger partial charge in [-0.3, -0.25) is 9.59 Å². The fourth-order valence-corrected chi connectivity index (χ4v) is 6.32. The van der Waals surface area contributed by atoms with Gasteiger partial charge in [-0.15, -0.1) is 0 Å². The molecule has 7 nitrogen and oxygen atoms in total. The van der Waals surface area contributed by atoms with Crippen LogP contribution in [0.4, 0.5) is 4.79 Å². The van der Waals surface area contributed by atoms with Crippen molar-refractivity contribution in [1.29, 1.82) is 0 Å². The third-order valence-corrected chi connectivity index (χ3v) is 7.24. The molecule has 4 bridgehead atoms. The number of carbonyl (C=O) groups is 3. The summed E-state index contributed by atoms with van der Waals surface area (Å²) in [6, 6.07) is 0.212. The molecule has 0 spiro atoms. The minimum atomic E-state index is -0.567. The van der Waals surface area contributed by atoms with E-state index in [2.05, 4.69) is 5.32 Å². The quantitative estimate of drug-likeness (QED) is 0.560. The van der Waals surface area contributed by atoms with Crippen LogP contribution in [0.5, 0.6) is 0 Å². The number of rotatable bonds is 5. The Kier molecular flexibility index (Phi) is 5.06. The summed E-state index contributed by atoms with van der Waals surface area (Å²) in [4.78, 5) is 40.0. The number of nitrogens with zero attached hydrogens (tertiary/aromatic N) is 1. The second-order valence-corrected chi connectivity index (χ2v) is 10.6. The zero-order chi connectivity index (χ0) is 21.0. The highest BCUT2D eigenvalue weighted by atomic mass is 16.6. The number of alkyl carbamates (subject to hydrolysis) is 1. The summed E-state index contributed by atoms with van der Waals surface area (Å²) in [5, 5.41) is 2.77. The average Bonchev–Trinajstić information content (AvgIpc) is 3.43. The number of carbonyl (C=O) groups excluding carboxylic acids is 3. The lowest BCUT2D eigenvalue weighted by Gasteiger charge is -2.58. The molecule has 7 heteroatoms. The van der Waals surface area contributed by atoms with E-state index in [1.165, 1.54) is 7.11 Å². The van der Waals surface area contributed by atoms with E-state index in [1.807, 2.05) is 25.7 Å². The Morgan fingerprint density at radius 3 is 2.21 bits per heavy atom. The largest absolute Gasteiger partial charge is 0.469 e. The first-order valence-corrected chi connectivity index (χ1v) is 11.0. The SMILES string of the molecule is COC(=O)C12CC3CC(C1)C(C(=O)N(CNC(=O)OC(C)(C)C)C1CC1)C(C3)C2. The van der Waals surface area contributed by atoms with Crippen LogP contribution in [0, 0.1) is 29.1 Å². The van der Waals surface area contributed by atoms with Gasteiger partial charge in [-0.2, -0.15) is 0 Å². The third kappa shape index (κ3) is 3.97. The summed E-state index contributed by atoms with van der Waals surface area (Å²) in [6.07, 6.45) is 5.98. The van der Waals surface area contributed by atoms with Crippen LogP contribution in [-0.4, -0.2) is 48.3 Å². The maximum absolute atomic E-state index is 13.6. The van der Waals surface area contributed by atoms with Gasteiger partial charge in [0.15, 0.2) is 0 Å². The van der Waals surface area contributed by atoms with Crippen molar-refractivity contribution < 1.29 is 23.9 Å². The van der Waals surface area contributed by atoms with Gasteiger partial charge in [0.25, 0.3) is 0 Å². The predicted octanol–water partition coefficient (Wildman–Crippen LogP) is 3.08. The molecule has 29 heavy (non-hydrogen) atoms. The van der Waals surface area contributed by atoms with Gasteiger partial charge in [0, 0.05) is 12.0 Å². The summed E-state index contributed by atoms with van der Waals surface area (Å²) >= 11 is 0. The molecule has 0 saturated heterocycles. The van der Waals surface area contributed by atoms with E-state index in [0.717, 1.165) is 44.9 Å². The van der Waals surface area contributed by atoms with E-state index in [-0.39, 0.29) is 47.8 Å². The number of ether oxygens (including phenoxy) is 2. The molecular weight excluding hydrogens is 372 g/mol. The molecule has 162 valence electrons. The third-order valence-electron chi connectivity index (χ3n) is 7.24. The van der Waals surface area contributed by atoms with Crippen molar-refractivity contribution in [2.24, 2.45) is 29.1 Å². The number of amides is 2. The lowest BCUT2D eigenvalue weighted by molar-refractivity contribution is -0.180. The van der Waals surface area contributed by atoms with Crippen LogP contribution < -0.4 is 5.32 Å². The zero-order valence-electron chi connectivity index (χ0n) is 18.0. The number of hydrogen-bond acceptors (Lipinski definition) is 5. The number of hydrogen-bond donors (Lipinski definition) is 1. The predicted molar refractivity (Wildman–Crippen MR) is 106 cm³/mol. The van der Waals surface area contributed by atoms with E-state index >= 15 is 0 Å². The topological polar surface area (TPSA) is 84.9 Å². The van der Waals surface area contributed by atoms with E-state index in [9.17, 15) is 14.4 Å².